The van der Waals surface area contributed by atoms with Crippen LogP contribution in [-0.4, -0.2) is 30.8 Å². The van der Waals surface area contributed by atoms with E-state index in [0.29, 0.717) is 0 Å². The smallest absolute Gasteiger partial charge is 0.127 e. The molecule has 1 saturated carbocycles. The number of carbonyl (C=O) groups is 1. The van der Waals surface area contributed by atoms with E-state index < -0.39 is 0 Å². The van der Waals surface area contributed by atoms with Crippen molar-refractivity contribution in [2.24, 2.45) is 17.3 Å². The summed E-state index contributed by atoms with van der Waals surface area (Å²) in [6.07, 6.45) is 8.64. The average molecular weight is 237 g/mol. The van der Waals surface area contributed by atoms with Crippen molar-refractivity contribution in [3.05, 3.63) is 0 Å². The Kier molecular flexibility index (Phi) is 4.24. The van der Waals surface area contributed by atoms with Crippen LogP contribution in [0.4, 0.5) is 0 Å². The minimum absolute atomic E-state index is 0.00144. The highest BCUT2D eigenvalue weighted by atomic mass is 16.1. The molecular weight excluding hydrogens is 210 g/mol. The first-order valence-corrected chi connectivity index (χ1v) is 7.34. The van der Waals surface area contributed by atoms with E-state index in [4.69, 9.17) is 0 Å². The molecule has 0 N–H and O–H groups in total. The number of aldehydes is 1. The average Bonchev–Trinajstić information content (AvgIpc) is 2.35. The number of likely N-dealkylation sites (tertiary alicyclic amines) is 1. The van der Waals surface area contributed by atoms with E-state index in [0.717, 1.165) is 31.2 Å². The minimum atomic E-state index is -0.00144. The van der Waals surface area contributed by atoms with Crippen LogP contribution in [0.5, 0.6) is 0 Å². The largest absolute Gasteiger partial charge is 0.303 e. The predicted molar refractivity (Wildman–Crippen MR) is 71.0 cm³/mol. The maximum Gasteiger partial charge on any atom is 0.127 e. The van der Waals surface area contributed by atoms with E-state index in [1.165, 1.54) is 45.1 Å². The van der Waals surface area contributed by atoms with Crippen LogP contribution in [0, 0.1) is 17.3 Å². The van der Waals surface area contributed by atoms with Gasteiger partial charge in [-0.25, -0.2) is 0 Å². The van der Waals surface area contributed by atoms with Crippen molar-refractivity contribution in [1.82, 2.24) is 4.90 Å². The summed E-state index contributed by atoms with van der Waals surface area (Å²) in [6.45, 7) is 8.12. The van der Waals surface area contributed by atoms with Gasteiger partial charge in [-0.05, 0) is 37.6 Å². The number of hydrogen-bond acceptors (Lipinski definition) is 2. The zero-order valence-corrected chi connectivity index (χ0v) is 11.5. The van der Waals surface area contributed by atoms with Gasteiger partial charge in [0.05, 0.1) is 0 Å². The normalized spacial score (nSPS) is 34.5. The second-order valence-corrected chi connectivity index (χ2v) is 6.52. The first-order valence-electron chi connectivity index (χ1n) is 7.34. The molecule has 0 amide bonds. The van der Waals surface area contributed by atoms with E-state index in [9.17, 15) is 4.79 Å². The monoisotopic (exact) mass is 237 g/mol. The first kappa shape index (κ1) is 13.1. The summed E-state index contributed by atoms with van der Waals surface area (Å²) in [7, 11) is 0. The lowest BCUT2D eigenvalue weighted by atomic mass is 9.74. The van der Waals surface area contributed by atoms with Gasteiger partial charge in [-0.3, -0.25) is 0 Å². The third-order valence-electron chi connectivity index (χ3n) is 5.06. The fourth-order valence-electron chi connectivity index (χ4n) is 3.51. The highest BCUT2D eigenvalue weighted by Gasteiger charge is 2.35. The van der Waals surface area contributed by atoms with Gasteiger partial charge >= 0.3 is 0 Å². The molecule has 0 aromatic carbocycles. The summed E-state index contributed by atoms with van der Waals surface area (Å²) in [5.41, 5.74) is -0.00144. The summed E-state index contributed by atoms with van der Waals surface area (Å²) in [6, 6.07) is 0. The van der Waals surface area contributed by atoms with E-state index in [1.54, 1.807) is 0 Å². The lowest BCUT2D eigenvalue weighted by molar-refractivity contribution is -0.119. The number of carbonyl (C=O) groups excluding carboxylic acids is 1. The van der Waals surface area contributed by atoms with E-state index >= 15 is 0 Å². The molecule has 0 aromatic rings. The molecule has 1 aliphatic carbocycles. The maximum atomic E-state index is 11.5. The van der Waals surface area contributed by atoms with Crippen molar-refractivity contribution < 1.29 is 4.79 Å². The third-order valence-corrected chi connectivity index (χ3v) is 5.06. The number of hydrogen-bond donors (Lipinski definition) is 0. The van der Waals surface area contributed by atoms with Gasteiger partial charge in [0.25, 0.3) is 0 Å². The second kappa shape index (κ2) is 5.51. The number of piperidine rings is 1. The molecule has 2 unspecified atom stereocenters. The SMILES string of the molecule is CC1CCN(CC2(C=O)CCCCC2)CC1C. The minimum Gasteiger partial charge on any atom is -0.303 e. The Morgan fingerprint density at radius 3 is 2.47 bits per heavy atom. The fourth-order valence-corrected chi connectivity index (χ4v) is 3.51. The Bertz CT molecular complexity index is 258. The molecule has 1 aliphatic heterocycles. The maximum absolute atomic E-state index is 11.5. The van der Waals surface area contributed by atoms with Gasteiger partial charge in [0, 0.05) is 18.5 Å². The summed E-state index contributed by atoms with van der Waals surface area (Å²) < 4.78 is 0. The van der Waals surface area contributed by atoms with Crippen LogP contribution >= 0.6 is 0 Å². The van der Waals surface area contributed by atoms with Crippen LogP contribution < -0.4 is 0 Å². The van der Waals surface area contributed by atoms with Gasteiger partial charge in [-0.15, -0.1) is 0 Å². The topological polar surface area (TPSA) is 20.3 Å². The highest BCUT2D eigenvalue weighted by Crippen LogP contribution is 2.36. The fraction of sp³-hybridized carbons (Fsp3) is 0.933. The predicted octanol–water partition coefficient (Wildman–Crippen LogP) is 3.11. The van der Waals surface area contributed by atoms with Crippen molar-refractivity contribution in [2.75, 3.05) is 19.6 Å². The van der Waals surface area contributed by atoms with Crippen LogP contribution in [0.25, 0.3) is 0 Å². The molecule has 0 radical (unpaired) electrons. The molecule has 2 rings (SSSR count). The van der Waals surface area contributed by atoms with E-state index in [1.807, 2.05) is 0 Å². The van der Waals surface area contributed by atoms with Crippen molar-refractivity contribution in [2.45, 2.75) is 52.4 Å². The first-order chi connectivity index (χ1) is 8.15. The Morgan fingerprint density at radius 2 is 1.88 bits per heavy atom. The van der Waals surface area contributed by atoms with Crippen LogP contribution in [0.3, 0.4) is 0 Å². The van der Waals surface area contributed by atoms with Crippen molar-refractivity contribution in [3.63, 3.8) is 0 Å². The molecule has 1 heterocycles. The Morgan fingerprint density at radius 1 is 1.18 bits per heavy atom. The number of nitrogens with zero attached hydrogens (tertiary/aromatic N) is 1. The lowest BCUT2D eigenvalue weighted by Crippen LogP contribution is -2.46. The molecule has 0 spiro atoms. The summed E-state index contributed by atoms with van der Waals surface area (Å²) in [4.78, 5) is 14.0. The van der Waals surface area contributed by atoms with Gasteiger partial charge in [0.15, 0.2) is 0 Å². The summed E-state index contributed by atoms with van der Waals surface area (Å²) >= 11 is 0. The van der Waals surface area contributed by atoms with Crippen LogP contribution in [0.1, 0.15) is 52.4 Å². The van der Waals surface area contributed by atoms with Crippen molar-refractivity contribution in [1.29, 1.82) is 0 Å². The van der Waals surface area contributed by atoms with Gasteiger partial charge < -0.3 is 9.69 Å². The van der Waals surface area contributed by atoms with Gasteiger partial charge in [0.2, 0.25) is 0 Å². The summed E-state index contributed by atoms with van der Waals surface area (Å²) in [5, 5.41) is 0. The zero-order valence-electron chi connectivity index (χ0n) is 11.5. The van der Waals surface area contributed by atoms with Crippen molar-refractivity contribution in [3.8, 4) is 0 Å². The van der Waals surface area contributed by atoms with Crippen LogP contribution in [0.2, 0.25) is 0 Å². The van der Waals surface area contributed by atoms with Gasteiger partial charge in [-0.1, -0.05) is 33.1 Å². The lowest BCUT2D eigenvalue weighted by Gasteiger charge is -2.41. The number of rotatable bonds is 3. The van der Waals surface area contributed by atoms with Gasteiger partial charge in [-0.2, -0.15) is 0 Å². The molecule has 1 saturated heterocycles. The van der Waals surface area contributed by atoms with Crippen LogP contribution in [0.15, 0.2) is 0 Å². The highest BCUT2D eigenvalue weighted by molar-refractivity contribution is 5.60. The third kappa shape index (κ3) is 3.09. The molecule has 2 nitrogen and oxygen atoms in total. The molecular formula is C15H27NO. The Hall–Kier alpha value is -0.370. The Balaban J connectivity index is 1.92. The molecule has 98 valence electrons. The molecule has 0 bridgehead atoms. The molecule has 0 aromatic heterocycles. The quantitative estimate of drug-likeness (QED) is 0.703. The van der Waals surface area contributed by atoms with E-state index in [2.05, 4.69) is 18.7 Å². The second-order valence-electron chi connectivity index (χ2n) is 6.52. The van der Waals surface area contributed by atoms with E-state index in [-0.39, 0.29) is 5.41 Å². The standard InChI is InChI=1S/C15H27NO/c1-13-6-9-16(10-14(13)2)11-15(12-17)7-4-3-5-8-15/h12-14H,3-11H2,1-2H3. The Labute approximate surface area is 106 Å². The summed E-state index contributed by atoms with van der Waals surface area (Å²) in [5.74, 6) is 1.64. The molecule has 17 heavy (non-hydrogen) atoms. The zero-order chi connectivity index (χ0) is 12.3. The molecule has 2 aliphatic rings. The molecule has 2 heteroatoms. The van der Waals surface area contributed by atoms with Gasteiger partial charge in [0.1, 0.15) is 6.29 Å². The van der Waals surface area contributed by atoms with Crippen molar-refractivity contribution >= 4 is 6.29 Å². The van der Waals surface area contributed by atoms with Crippen LogP contribution in [-0.2, 0) is 4.79 Å². The molecule has 2 fully saturated rings. The molecule has 2 atom stereocenters.